The Morgan fingerprint density at radius 2 is 0.755 bits per heavy atom. The molecule has 0 saturated carbocycles. The Morgan fingerprint density at radius 1 is 0.306 bits per heavy atom. The summed E-state index contributed by atoms with van der Waals surface area (Å²) >= 11 is 0.163. The van der Waals surface area contributed by atoms with Gasteiger partial charge in [-0.25, -0.2) is 0 Å². The Kier molecular flexibility index (Phi) is 7.51. The van der Waals surface area contributed by atoms with Crippen molar-refractivity contribution >= 4 is 33.8 Å². The van der Waals surface area contributed by atoms with E-state index in [1.54, 1.807) is 0 Å². The zero-order chi connectivity index (χ0) is 32.6. The molecule has 0 aliphatic carbocycles. The van der Waals surface area contributed by atoms with Gasteiger partial charge in [0.2, 0.25) is 0 Å². The van der Waals surface area contributed by atoms with E-state index in [0.717, 1.165) is 33.4 Å². The molecular formula is C45H29N3Se. The molecule has 0 aliphatic rings. The summed E-state index contributed by atoms with van der Waals surface area (Å²) in [6, 6.07) is 62.0. The first-order valence-electron chi connectivity index (χ1n) is 16.4. The predicted octanol–water partition coefficient (Wildman–Crippen LogP) is 11.2. The van der Waals surface area contributed by atoms with Gasteiger partial charge < -0.3 is 0 Å². The number of aromatic nitrogens is 3. The fourth-order valence-corrected chi connectivity index (χ4v) is 9.01. The number of fused-ring (bicyclic) bond motifs is 3. The summed E-state index contributed by atoms with van der Waals surface area (Å²) in [6.45, 7) is 0. The minimum atomic E-state index is 0.163. The molecule has 0 fully saturated rings. The minimum absolute atomic E-state index is 0.163. The molecule has 0 spiro atoms. The Bertz CT molecular complexity index is 2590. The molecular weight excluding hydrogens is 661 g/mol. The molecule has 3 nitrogen and oxygen atoms in total. The van der Waals surface area contributed by atoms with Crippen molar-refractivity contribution in [2.75, 3.05) is 0 Å². The van der Waals surface area contributed by atoms with Crippen LogP contribution in [0.3, 0.4) is 0 Å². The van der Waals surface area contributed by atoms with Crippen molar-refractivity contribution in [3.05, 3.63) is 176 Å². The third-order valence-corrected chi connectivity index (χ3v) is 11.5. The number of hydrogen-bond acceptors (Lipinski definition) is 3. The predicted molar refractivity (Wildman–Crippen MR) is 204 cm³/mol. The van der Waals surface area contributed by atoms with Gasteiger partial charge in [0.1, 0.15) is 0 Å². The summed E-state index contributed by atoms with van der Waals surface area (Å²) < 4.78 is 2.72. The fraction of sp³-hybridized carbons (Fsp3) is 0. The van der Waals surface area contributed by atoms with Gasteiger partial charge >= 0.3 is 256 Å². The van der Waals surface area contributed by atoms with Crippen molar-refractivity contribution < 1.29 is 0 Å². The second-order valence-electron chi connectivity index (χ2n) is 12.1. The van der Waals surface area contributed by atoms with E-state index in [-0.39, 0.29) is 14.5 Å². The SMILES string of the molecule is c1ccc(-c2ccc(-c3nc(-c4cccc(-c5cccc(-c6ccccc6)c5)c4)nc(-c4cccc5c4[se]c4ccccc45)n3)cc2)cc1. The number of hydrogen-bond donors (Lipinski definition) is 0. The second-order valence-corrected chi connectivity index (χ2v) is 14.3. The average molecular weight is 691 g/mol. The van der Waals surface area contributed by atoms with E-state index in [2.05, 4.69) is 170 Å². The van der Waals surface area contributed by atoms with Gasteiger partial charge in [0.25, 0.3) is 0 Å². The van der Waals surface area contributed by atoms with Gasteiger partial charge in [0.05, 0.1) is 0 Å². The molecule has 230 valence electrons. The molecule has 2 aromatic heterocycles. The van der Waals surface area contributed by atoms with Crippen molar-refractivity contribution in [3.63, 3.8) is 0 Å². The van der Waals surface area contributed by atoms with E-state index in [9.17, 15) is 0 Å². The molecule has 0 atom stereocenters. The molecule has 49 heavy (non-hydrogen) atoms. The topological polar surface area (TPSA) is 38.7 Å². The van der Waals surface area contributed by atoms with Crippen molar-refractivity contribution in [3.8, 4) is 67.5 Å². The Labute approximate surface area is 291 Å². The van der Waals surface area contributed by atoms with E-state index in [1.165, 1.54) is 36.0 Å². The van der Waals surface area contributed by atoms with Crippen LogP contribution in [0.15, 0.2) is 176 Å². The molecule has 4 heteroatoms. The van der Waals surface area contributed by atoms with E-state index >= 15 is 0 Å². The summed E-state index contributed by atoms with van der Waals surface area (Å²) in [6.07, 6.45) is 0. The van der Waals surface area contributed by atoms with Crippen LogP contribution < -0.4 is 0 Å². The number of nitrogens with zero attached hydrogens (tertiary/aromatic N) is 3. The van der Waals surface area contributed by atoms with E-state index in [1.807, 2.05) is 6.07 Å². The molecule has 0 radical (unpaired) electrons. The van der Waals surface area contributed by atoms with Crippen molar-refractivity contribution in [2.45, 2.75) is 0 Å². The van der Waals surface area contributed by atoms with Gasteiger partial charge in [-0.05, 0) is 0 Å². The van der Waals surface area contributed by atoms with Crippen LogP contribution in [-0.4, -0.2) is 29.5 Å². The van der Waals surface area contributed by atoms with Crippen LogP contribution in [0.5, 0.6) is 0 Å². The summed E-state index contributed by atoms with van der Waals surface area (Å²) in [4.78, 5) is 15.5. The molecule has 0 aliphatic heterocycles. The normalized spacial score (nSPS) is 11.3. The van der Waals surface area contributed by atoms with Gasteiger partial charge in [-0.15, -0.1) is 0 Å². The van der Waals surface area contributed by atoms with Gasteiger partial charge in [-0.1, -0.05) is 36.4 Å². The average Bonchev–Trinajstić information content (AvgIpc) is 3.58. The summed E-state index contributed by atoms with van der Waals surface area (Å²) in [5.74, 6) is 2.03. The molecule has 0 bridgehead atoms. The Hall–Kier alpha value is -5.93. The Morgan fingerprint density at radius 3 is 1.47 bits per heavy atom. The van der Waals surface area contributed by atoms with Gasteiger partial charge in [0.15, 0.2) is 0 Å². The molecule has 2 heterocycles. The maximum atomic E-state index is 5.19. The van der Waals surface area contributed by atoms with Crippen LogP contribution in [0.25, 0.3) is 86.8 Å². The molecule has 0 amide bonds. The quantitative estimate of drug-likeness (QED) is 0.163. The van der Waals surface area contributed by atoms with Crippen LogP contribution in [0, 0.1) is 0 Å². The fourth-order valence-electron chi connectivity index (χ4n) is 6.47. The zero-order valence-corrected chi connectivity index (χ0v) is 28.2. The third-order valence-electron chi connectivity index (χ3n) is 8.95. The number of rotatable bonds is 6. The van der Waals surface area contributed by atoms with Crippen molar-refractivity contribution in [2.24, 2.45) is 0 Å². The summed E-state index contributed by atoms with van der Waals surface area (Å²) in [5, 5.41) is 2.60. The molecule has 0 saturated heterocycles. The van der Waals surface area contributed by atoms with Crippen LogP contribution in [-0.2, 0) is 0 Å². The van der Waals surface area contributed by atoms with Crippen molar-refractivity contribution in [1.29, 1.82) is 0 Å². The van der Waals surface area contributed by atoms with Gasteiger partial charge in [-0.3, -0.25) is 0 Å². The standard InChI is InChI=1S/C45H29N3Se/c1-3-12-30(13-4-1)32-24-26-33(27-25-32)43-46-44(48-45(47-43)40-22-11-21-39-38-20-7-8-23-41(38)49-42(39)40)37-19-10-18-36(29-37)35-17-9-16-34(28-35)31-14-5-2-6-15-31/h1-29H. The van der Waals surface area contributed by atoms with Crippen LogP contribution >= 0.6 is 0 Å². The van der Waals surface area contributed by atoms with E-state index in [4.69, 9.17) is 15.0 Å². The van der Waals surface area contributed by atoms with Crippen LogP contribution in [0.2, 0.25) is 0 Å². The third kappa shape index (κ3) is 5.68. The van der Waals surface area contributed by atoms with Gasteiger partial charge in [-0.2, -0.15) is 0 Å². The number of benzene rings is 7. The van der Waals surface area contributed by atoms with Gasteiger partial charge in [0, 0.05) is 0 Å². The van der Waals surface area contributed by atoms with Crippen LogP contribution in [0.1, 0.15) is 0 Å². The molecule has 9 aromatic rings. The summed E-state index contributed by atoms with van der Waals surface area (Å²) in [7, 11) is 0. The second kappa shape index (κ2) is 12.6. The Balaban J connectivity index is 1.19. The van der Waals surface area contributed by atoms with E-state index in [0.29, 0.717) is 17.5 Å². The maximum absolute atomic E-state index is 5.19. The molecule has 0 unspecified atom stereocenters. The molecule has 7 aromatic carbocycles. The van der Waals surface area contributed by atoms with Crippen LogP contribution in [0.4, 0.5) is 0 Å². The van der Waals surface area contributed by atoms with E-state index < -0.39 is 0 Å². The monoisotopic (exact) mass is 691 g/mol. The molecule has 0 N–H and O–H groups in total. The summed E-state index contributed by atoms with van der Waals surface area (Å²) in [5.41, 5.74) is 9.98. The zero-order valence-electron chi connectivity index (χ0n) is 26.5. The first-order valence-corrected chi connectivity index (χ1v) is 18.1. The first-order chi connectivity index (χ1) is 24.3. The molecule has 9 rings (SSSR count). The van der Waals surface area contributed by atoms with Crippen molar-refractivity contribution in [1.82, 2.24) is 15.0 Å². The first kappa shape index (κ1) is 29.2.